The van der Waals surface area contributed by atoms with Gasteiger partial charge in [0, 0.05) is 24.4 Å². The van der Waals surface area contributed by atoms with Crippen molar-refractivity contribution >= 4 is 17.6 Å². The number of anilines is 1. The summed E-state index contributed by atoms with van der Waals surface area (Å²) < 4.78 is 37.8. The van der Waals surface area contributed by atoms with E-state index in [1.165, 1.54) is 6.20 Å². The van der Waals surface area contributed by atoms with E-state index in [2.05, 4.69) is 25.3 Å². The van der Waals surface area contributed by atoms with E-state index in [1.807, 2.05) is 12.1 Å². The number of carbonyl (C=O) groups is 1. The zero-order chi connectivity index (χ0) is 19.0. The second kappa shape index (κ2) is 6.62. The van der Waals surface area contributed by atoms with E-state index in [0.29, 0.717) is 29.9 Å². The number of nitrogens with one attached hydrogen (secondary N) is 1. The van der Waals surface area contributed by atoms with Crippen LogP contribution in [0.3, 0.4) is 0 Å². The molecular weight excluding hydrogens is 363 g/mol. The first kappa shape index (κ1) is 17.4. The molecule has 0 saturated carbocycles. The number of nitrogens with zero attached hydrogens (tertiary/aromatic N) is 4. The molecule has 2 aliphatic rings. The number of aliphatic imine (C=N–C) groups is 1. The SMILES string of the molecule is O=C1CCc2cccnc2N1Cc1ccc(C2=NC(C(F)(F)F)ON2)cn1. The van der Waals surface area contributed by atoms with E-state index in [-0.39, 0.29) is 18.3 Å². The Kier molecular flexibility index (Phi) is 4.27. The summed E-state index contributed by atoms with van der Waals surface area (Å²) in [5.41, 5.74) is 4.10. The number of hydrogen-bond donors (Lipinski definition) is 1. The quantitative estimate of drug-likeness (QED) is 0.887. The van der Waals surface area contributed by atoms with E-state index in [1.54, 1.807) is 23.2 Å². The van der Waals surface area contributed by atoms with Gasteiger partial charge in [-0.05, 0) is 30.2 Å². The van der Waals surface area contributed by atoms with Gasteiger partial charge in [-0.15, -0.1) is 0 Å². The average Bonchev–Trinajstić information content (AvgIpc) is 3.15. The van der Waals surface area contributed by atoms with Gasteiger partial charge in [0.15, 0.2) is 5.84 Å². The van der Waals surface area contributed by atoms with Gasteiger partial charge in [0.1, 0.15) is 5.82 Å². The molecule has 140 valence electrons. The van der Waals surface area contributed by atoms with Crippen molar-refractivity contribution < 1.29 is 22.8 Å². The highest BCUT2D eigenvalue weighted by atomic mass is 19.4. The summed E-state index contributed by atoms with van der Waals surface area (Å²) in [4.78, 5) is 30.2. The fourth-order valence-corrected chi connectivity index (χ4v) is 2.90. The lowest BCUT2D eigenvalue weighted by Crippen LogP contribution is -2.35. The third-order valence-electron chi connectivity index (χ3n) is 4.24. The third-order valence-corrected chi connectivity index (χ3v) is 4.24. The zero-order valence-corrected chi connectivity index (χ0v) is 13.9. The highest BCUT2D eigenvalue weighted by Gasteiger charge is 2.44. The second-order valence-corrected chi connectivity index (χ2v) is 6.10. The van der Waals surface area contributed by atoms with Crippen molar-refractivity contribution in [1.82, 2.24) is 15.4 Å². The Morgan fingerprint density at radius 1 is 1.22 bits per heavy atom. The molecular formula is C17H14F3N5O2. The summed E-state index contributed by atoms with van der Waals surface area (Å²) >= 11 is 0. The number of hydroxylamine groups is 1. The van der Waals surface area contributed by atoms with E-state index >= 15 is 0 Å². The molecule has 4 rings (SSSR count). The molecule has 2 aromatic heterocycles. The first-order valence-corrected chi connectivity index (χ1v) is 8.17. The fraction of sp³-hybridized carbons (Fsp3) is 0.294. The number of aromatic nitrogens is 2. The Morgan fingerprint density at radius 3 is 2.78 bits per heavy atom. The van der Waals surface area contributed by atoms with Crippen LogP contribution in [0.2, 0.25) is 0 Å². The lowest BCUT2D eigenvalue weighted by atomic mass is 10.0. The van der Waals surface area contributed by atoms with E-state index in [4.69, 9.17) is 0 Å². The maximum absolute atomic E-state index is 12.6. The molecule has 10 heteroatoms. The van der Waals surface area contributed by atoms with E-state index in [9.17, 15) is 18.0 Å². The molecule has 4 heterocycles. The van der Waals surface area contributed by atoms with Gasteiger partial charge in [-0.25, -0.2) is 20.3 Å². The molecule has 0 aliphatic carbocycles. The van der Waals surface area contributed by atoms with Gasteiger partial charge in [-0.3, -0.25) is 14.7 Å². The molecule has 1 unspecified atom stereocenters. The number of aryl methyl sites for hydroxylation is 1. The van der Waals surface area contributed by atoms with Crippen molar-refractivity contribution in [3.63, 3.8) is 0 Å². The number of pyridine rings is 2. The van der Waals surface area contributed by atoms with Gasteiger partial charge >= 0.3 is 6.18 Å². The van der Waals surface area contributed by atoms with Gasteiger partial charge in [-0.2, -0.15) is 13.2 Å². The number of carbonyl (C=O) groups excluding carboxylic acids is 1. The van der Waals surface area contributed by atoms with Crippen LogP contribution in [0.4, 0.5) is 19.0 Å². The zero-order valence-electron chi connectivity index (χ0n) is 13.9. The minimum atomic E-state index is -4.59. The first-order chi connectivity index (χ1) is 12.9. The lowest BCUT2D eigenvalue weighted by Gasteiger charge is -2.27. The van der Waals surface area contributed by atoms with Crippen LogP contribution in [0.1, 0.15) is 23.2 Å². The first-order valence-electron chi connectivity index (χ1n) is 8.17. The van der Waals surface area contributed by atoms with Crippen LogP contribution < -0.4 is 10.4 Å². The molecule has 1 amide bonds. The Labute approximate surface area is 151 Å². The van der Waals surface area contributed by atoms with Gasteiger partial charge < -0.3 is 0 Å². The van der Waals surface area contributed by atoms with Crippen molar-refractivity contribution in [3.8, 4) is 0 Å². The van der Waals surface area contributed by atoms with Crippen molar-refractivity contribution in [1.29, 1.82) is 0 Å². The van der Waals surface area contributed by atoms with Crippen LogP contribution >= 0.6 is 0 Å². The van der Waals surface area contributed by atoms with Gasteiger partial charge in [0.25, 0.3) is 6.23 Å². The van der Waals surface area contributed by atoms with Crippen molar-refractivity contribution in [2.24, 2.45) is 4.99 Å². The number of alkyl halides is 3. The Hall–Kier alpha value is -3.01. The molecule has 0 fully saturated rings. The van der Waals surface area contributed by atoms with Gasteiger partial charge in [0.05, 0.1) is 12.2 Å². The largest absolute Gasteiger partial charge is 0.437 e. The van der Waals surface area contributed by atoms with Crippen LogP contribution in [-0.4, -0.2) is 34.1 Å². The molecule has 0 aromatic carbocycles. The number of rotatable bonds is 3. The molecule has 1 atom stereocenters. The summed E-state index contributed by atoms with van der Waals surface area (Å²) in [5.74, 6) is 0.524. The van der Waals surface area contributed by atoms with Crippen LogP contribution in [0.5, 0.6) is 0 Å². The van der Waals surface area contributed by atoms with Gasteiger partial charge in [0.2, 0.25) is 5.91 Å². The van der Waals surface area contributed by atoms with Crippen molar-refractivity contribution in [3.05, 3.63) is 53.5 Å². The topological polar surface area (TPSA) is 79.7 Å². The average molecular weight is 377 g/mol. The number of fused-ring (bicyclic) bond motifs is 1. The highest BCUT2D eigenvalue weighted by Crippen LogP contribution is 2.27. The summed E-state index contributed by atoms with van der Waals surface area (Å²) in [6, 6.07) is 6.96. The van der Waals surface area contributed by atoms with Crippen molar-refractivity contribution in [2.45, 2.75) is 31.8 Å². The van der Waals surface area contributed by atoms with E-state index < -0.39 is 12.4 Å². The van der Waals surface area contributed by atoms with Crippen LogP contribution in [0.25, 0.3) is 0 Å². The van der Waals surface area contributed by atoms with Crippen LogP contribution in [0, 0.1) is 0 Å². The van der Waals surface area contributed by atoms with Crippen LogP contribution in [-0.2, 0) is 22.6 Å². The Bertz CT molecular complexity index is 898. The Balaban J connectivity index is 1.52. The summed E-state index contributed by atoms with van der Waals surface area (Å²) in [5, 5.41) is 0. The minimum Gasteiger partial charge on any atom is -0.291 e. The molecule has 0 radical (unpaired) electrons. The molecule has 2 aromatic rings. The lowest BCUT2D eigenvalue weighted by molar-refractivity contribution is -0.220. The van der Waals surface area contributed by atoms with Crippen molar-refractivity contribution in [2.75, 3.05) is 4.90 Å². The molecule has 0 bridgehead atoms. The maximum Gasteiger partial charge on any atom is 0.437 e. The molecule has 0 spiro atoms. The third kappa shape index (κ3) is 3.47. The summed E-state index contributed by atoms with van der Waals surface area (Å²) in [6.45, 7) is 0.227. The number of amides is 1. The predicted octanol–water partition coefficient (Wildman–Crippen LogP) is 2.13. The standard InChI is InChI=1S/C17H14F3N5O2/c18-17(19,20)16-23-14(24-27-16)11-3-5-12(22-8-11)9-25-13(26)6-4-10-2-1-7-21-15(10)25/h1-3,5,7-8,16H,4,6,9H2,(H,23,24). The second-order valence-electron chi connectivity index (χ2n) is 6.10. The molecule has 27 heavy (non-hydrogen) atoms. The predicted molar refractivity (Wildman–Crippen MR) is 88.6 cm³/mol. The number of hydrogen-bond acceptors (Lipinski definition) is 6. The molecule has 2 aliphatic heterocycles. The van der Waals surface area contributed by atoms with Gasteiger partial charge in [-0.1, -0.05) is 6.07 Å². The molecule has 7 nitrogen and oxygen atoms in total. The Morgan fingerprint density at radius 2 is 2.07 bits per heavy atom. The smallest absolute Gasteiger partial charge is 0.291 e. The normalized spacial score (nSPS) is 19.5. The monoisotopic (exact) mass is 377 g/mol. The molecule has 0 saturated heterocycles. The van der Waals surface area contributed by atoms with Crippen LogP contribution in [0.15, 0.2) is 41.7 Å². The number of amidine groups is 1. The summed E-state index contributed by atoms with van der Waals surface area (Å²) in [7, 11) is 0. The van der Waals surface area contributed by atoms with E-state index in [0.717, 1.165) is 5.56 Å². The summed E-state index contributed by atoms with van der Waals surface area (Å²) in [6.07, 6.45) is -2.76. The number of halogens is 3. The highest BCUT2D eigenvalue weighted by molar-refractivity contribution is 5.98. The molecule has 1 N–H and O–H groups in total. The minimum absolute atomic E-state index is 0.0440. The fourth-order valence-electron chi connectivity index (χ4n) is 2.90. The maximum atomic E-state index is 12.6.